The molecule has 4 aromatic rings. The van der Waals surface area contributed by atoms with Crippen LogP contribution in [0.25, 0.3) is 16.9 Å². The van der Waals surface area contributed by atoms with Gasteiger partial charge in [0.05, 0.1) is 19.0 Å². The summed E-state index contributed by atoms with van der Waals surface area (Å²) in [6.45, 7) is 0.468. The topological polar surface area (TPSA) is 76.8 Å². The van der Waals surface area contributed by atoms with E-state index < -0.39 is 23.6 Å². The van der Waals surface area contributed by atoms with Gasteiger partial charge in [0.15, 0.2) is 17.1 Å². The van der Waals surface area contributed by atoms with E-state index in [1.54, 1.807) is 24.3 Å². The number of benzene rings is 2. The Hall–Kier alpha value is -4.28. The third kappa shape index (κ3) is 4.83. The van der Waals surface area contributed by atoms with Crippen molar-refractivity contribution < 1.29 is 31.9 Å². The smallest absolute Gasteiger partial charge is 0.433 e. The Kier molecular flexibility index (Phi) is 6.60. The van der Waals surface area contributed by atoms with Crippen molar-refractivity contribution in [3.8, 4) is 17.0 Å². The number of aromatic nitrogens is 3. The van der Waals surface area contributed by atoms with Gasteiger partial charge in [0.1, 0.15) is 17.1 Å². The van der Waals surface area contributed by atoms with Crippen LogP contribution in [-0.2, 0) is 6.18 Å². The van der Waals surface area contributed by atoms with Crippen LogP contribution in [0.1, 0.15) is 39.3 Å². The number of carbonyl (C=O) groups is 2. The Labute approximate surface area is 214 Å². The number of rotatable bonds is 5. The molecule has 0 spiro atoms. The quantitative estimate of drug-likeness (QED) is 0.261. The molecule has 0 saturated carbocycles. The van der Waals surface area contributed by atoms with Gasteiger partial charge in [0, 0.05) is 30.1 Å². The van der Waals surface area contributed by atoms with Gasteiger partial charge in [-0.15, -0.1) is 0 Å². The third-order valence-corrected chi connectivity index (χ3v) is 6.66. The molecule has 0 atom stereocenters. The first kappa shape index (κ1) is 25.4. The van der Waals surface area contributed by atoms with Crippen molar-refractivity contribution in [2.24, 2.45) is 5.92 Å². The zero-order valence-electron chi connectivity index (χ0n) is 20.2. The molecule has 0 N–H and O–H groups in total. The molecule has 196 valence electrons. The number of carbonyl (C=O) groups excluding carboxylic acids is 2. The summed E-state index contributed by atoms with van der Waals surface area (Å²) in [6.07, 6.45) is -2.90. The molecule has 1 aliphatic rings. The van der Waals surface area contributed by atoms with Gasteiger partial charge in [-0.1, -0.05) is 0 Å². The maximum Gasteiger partial charge on any atom is 0.433 e. The lowest BCUT2D eigenvalue weighted by Gasteiger charge is -2.31. The van der Waals surface area contributed by atoms with Crippen molar-refractivity contribution in [2.75, 3.05) is 20.2 Å². The fraction of sp³-hybridized carbons (Fsp3) is 0.259. The number of fused-ring (bicyclic) bond motifs is 1. The zero-order valence-corrected chi connectivity index (χ0v) is 20.2. The van der Waals surface area contributed by atoms with Crippen LogP contribution in [0.2, 0.25) is 0 Å². The second-order valence-corrected chi connectivity index (χ2v) is 8.98. The van der Waals surface area contributed by atoms with Crippen molar-refractivity contribution in [3.63, 3.8) is 0 Å². The normalized spacial score (nSPS) is 14.6. The van der Waals surface area contributed by atoms with Crippen LogP contribution in [0.5, 0.6) is 5.75 Å². The number of hydrogen-bond acceptors (Lipinski definition) is 5. The van der Waals surface area contributed by atoms with Crippen LogP contribution in [0, 0.1) is 11.7 Å². The number of ketones is 1. The number of piperidine rings is 1. The van der Waals surface area contributed by atoms with E-state index in [1.807, 2.05) is 0 Å². The van der Waals surface area contributed by atoms with E-state index in [1.165, 1.54) is 36.3 Å². The van der Waals surface area contributed by atoms with Crippen LogP contribution in [-0.4, -0.2) is 51.4 Å². The minimum Gasteiger partial charge on any atom is -0.497 e. The first-order valence-electron chi connectivity index (χ1n) is 11.8. The monoisotopic (exact) mass is 526 g/mol. The number of halogens is 4. The van der Waals surface area contributed by atoms with Crippen LogP contribution in [0.4, 0.5) is 17.6 Å². The standard InChI is InChI=1S/C27H22F4N4O3/c1-38-20-8-4-16(5-9-20)22-14-23(27(29,30)31)35-25(33-22)21(15-32-35)26(37)34-12-10-18(11-13-34)24(36)17-2-6-19(28)7-3-17/h2-9,14-15,18H,10-13H2,1H3. The summed E-state index contributed by atoms with van der Waals surface area (Å²) in [5, 5.41) is 3.84. The number of amides is 1. The van der Waals surface area contributed by atoms with E-state index >= 15 is 0 Å². The number of hydrogen-bond donors (Lipinski definition) is 0. The van der Waals surface area contributed by atoms with Gasteiger partial charge >= 0.3 is 6.18 Å². The highest BCUT2D eigenvalue weighted by Gasteiger charge is 2.37. The Balaban J connectivity index is 1.42. The van der Waals surface area contributed by atoms with Gasteiger partial charge in [0.25, 0.3) is 5.91 Å². The minimum absolute atomic E-state index is 0.0330. The lowest BCUT2D eigenvalue weighted by atomic mass is 9.88. The van der Waals surface area contributed by atoms with E-state index in [0.717, 1.165) is 12.3 Å². The van der Waals surface area contributed by atoms with Crippen LogP contribution in [0.3, 0.4) is 0 Å². The highest BCUT2D eigenvalue weighted by molar-refractivity contribution is 6.01. The summed E-state index contributed by atoms with van der Waals surface area (Å²) in [6, 6.07) is 12.6. The summed E-state index contributed by atoms with van der Waals surface area (Å²) in [7, 11) is 1.48. The molecule has 7 nitrogen and oxygen atoms in total. The van der Waals surface area contributed by atoms with Gasteiger partial charge in [-0.2, -0.15) is 18.3 Å². The van der Waals surface area contributed by atoms with Gasteiger partial charge in [-0.25, -0.2) is 13.9 Å². The lowest BCUT2D eigenvalue weighted by Crippen LogP contribution is -2.40. The molecule has 1 aliphatic heterocycles. The molecule has 3 heterocycles. The van der Waals surface area contributed by atoms with Crippen molar-refractivity contribution in [1.29, 1.82) is 0 Å². The fourth-order valence-electron chi connectivity index (χ4n) is 4.59. The molecule has 0 aliphatic carbocycles. The van der Waals surface area contributed by atoms with E-state index in [4.69, 9.17) is 4.74 Å². The van der Waals surface area contributed by atoms with Crippen molar-refractivity contribution in [2.45, 2.75) is 19.0 Å². The number of alkyl halides is 3. The Bertz CT molecular complexity index is 1490. The summed E-state index contributed by atoms with van der Waals surface area (Å²) >= 11 is 0. The third-order valence-electron chi connectivity index (χ3n) is 6.66. The van der Waals surface area contributed by atoms with Crippen LogP contribution < -0.4 is 4.74 Å². The predicted molar refractivity (Wildman–Crippen MR) is 129 cm³/mol. The maximum absolute atomic E-state index is 13.9. The van der Waals surface area contributed by atoms with Crippen molar-refractivity contribution in [1.82, 2.24) is 19.5 Å². The summed E-state index contributed by atoms with van der Waals surface area (Å²) in [4.78, 5) is 32.0. The van der Waals surface area contributed by atoms with Gasteiger partial charge in [-0.05, 0) is 67.4 Å². The van der Waals surface area contributed by atoms with E-state index in [9.17, 15) is 27.2 Å². The van der Waals surface area contributed by atoms with E-state index in [0.29, 0.717) is 34.2 Å². The number of nitrogens with zero attached hydrogens (tertiary/aromatic N) is 4. The zero-order chi connectivity index (χ0) is 27.0. The summed E-state index contributed by atoms with van der Waals surface area (Å²) in [5.41, 5.74) is -0.483. The first-order chi connectivity index (χ1) is 18.2. The van der Waals surface area contributed by atoms with Gasteiger partial charge in [-0.3, -0.25) is 9.59 Å². The van der Waals surface area contributed by atoms with Crippen LogP contribution in [0.15, 0.2) is 60.8 Å². The number of ether oxygens (including phenoxy) is 1. The lowest BCUT2D eigenvalue weighted by molar-refractivity contribution is -0.142. The average molecular weight is 526 g/mol. The van der Waals surface area contributed by atoms with E-state index in [-0.39, 0.29) is 41.7 Å². The molecular formula is C27H22F4N4O3. The molecule has 38 heavy (non-hydrogen) atoms. The Morgan fingerprint density at radius 3 is 2.26 bits per heavy atom. The molecule has 0 radical (unpaired) electrons. The maximum atomic E-state index is 13.9. The first-order valence-corrected chi connectivity index (χ1v) is 11.8. The average Bonchev–Trinajstić information content (AvgIpc) is 3.35. The SMILES string of the molecule is COc1ccc(-c2cc(C(F)(F)F)n3ncc(C(=O)N4CCC(C(=O)c5ccc(F)cc5)CC4)c3n2)cc1. The van der Waals surface area contributed by atoms with Crippen LogP contribution >= 0.6 is 0 Å². The number of Topliss-reactive ketones (excluding diaryl/α,β-unsaturated/α-hetero) is 1. The second-order valence-electron chi connectivity index (χ2n) is 8.98. The predicted octanol–water partition coefficient (Wildman–Crippen LogP) is 5.30. The highest BCUT2D eigenvalue weighted by Crippen LogP contribution is 2.33. The Morgan fingerprint density at radius 1 is 1.00 bits per heavy atom. The minimum atomic E-state index is -4.74. The van der Waals surface area contributed by atoms with Gasteiger partial charge < -0.3 is 9.64 Å². The Morgan fingerprint density at radius 2 is 1.66 bits per heavy atom. The molecule has 2 aromatic carbocycles. The summed E-state index contributed by atoms with van der Waals surface area (Å²) in [5.74, 6) is -0.890. The molecule has 2 aromatic heterocycles. The molecule has 1 saturated heterocycles. The molecule has 5 rings (SSSR count). The molecule has 1 amide bonds. The molecule has 0 bridgehead atoms. The molecule has 11 heteroatoms. The number of likely N-dealkylation sites (tertiary alicyclic amines) is 1. The largest absolute Gasteiger partial charge is 0.497 e. The van der Waals surface area contributed by atoms with E-state index in [2.05, 4.69) is 10.1 Å². The fourth-order valence-corrected chi connectivity index (χ4v) is 4.59. The second kappa shape index (κ2) is 9.88. The molecule has 1 fully saturated rings. The summed E-state index contributed by atoms with van der Waals surface area (Å²) < 4.78 is 60.7. The molecule has 0 unspecified atom stereocenters. The molecular weight excluding hydrogens is 504 g/mol. The van der Waals surface area contributed by atoms with Crippen molar-refractivity contribution >= 4 is 17.3 Å². The highest BCUT2D eigenvalue weighted by atomic mass is 19.4. The van der Waals surface area contributed by atoms with Gasteiger partial charge in [0.2, 0.25) is 0 Å². The van der Waals surface area contributed by atoms with Crippen molar-refractivity contribution in [3.05, 3.63) is 83.4 Å². The number of methoxy groups -OCH3 is 1.